The van der Waals surface area contributed by atoms with Crippen LogP contribution >= 0.6 is 0 Å². The highest BCUT2D eigenvalue weighted by Crippen LogP contribution is 1.95. The monoisotopic (exact) mass is 125 g/mol. The molecule has 0 aliphatic heterocycles. The van der Waals surface area contributed by atoms with E-state index in [1.165, 1.54) is 6.08 Å². The highest BCUT2D eigenvalue weighted by Gasteiger charge is 1.89. The van der Waals surface area contributed by atoms with Crippen molar-refractivity contribution in [2.75, 3.05) is 0 Å². The molecule has 0 heterocycles. The van der Waals surface area contributed by atoms with Crippen molar-refractivity contribution >= 4 is 12.9 Å². The Labute approximate surface area is 55.6 Å². The third-order valence-corrected chi connectivity index (χ3v) is 0.823. The van der Waals surface area contributed by atoms with Gasteiger partial charge in [-0.15, -0.1) is 0 Å². The van der Waals surface area contributed by atoms with Crippen molar-refractivity contribution in [3.05, 3.63) is 24.0 Å². The highest BCUT2D eigenvalue weighted by molar-refractivity contribution is 5.78. The Balaban J connectivity index is 0. The Kier molecular flexibility index (Phi) is 3.05. The van der Waals surface area contributed by atoms with Crippen molar-refractivity contribution < 1.29 is 1.43 Å². The number of nitrogens with zero attached hydrogens (tertiary/aromatic N) is 1. The molecule has 0 aromatic heterocycles. The Morgan fingerprint density at radius 3 is 2.44 bits per heavy atom. The lowest BCUT2D eigenvalue weighted by atomic mass is 10.3. The van der Waals surface area contributed by atoms with Gasteiger partial charge in [0, 0.05) is 7.64 Å². The normalized spacial score (nSPS) is 11.6. The number of aliphatic imine (C=N–C) groups is 1. The molecule has 0 aliphatic rings. The average Bonchev–Trinajstić information content (AvgIpc) is 1.90. The van der Waals surface area contributed by atoms with Crippen LogP contribution in [0.5, 0.6) is 0 Å². The summed E-state index contributed by atoms with van der Waals surface area (Å²) < 4.78 is 0. The van der Waals surface area contributed by atoms with E-state index in [-0.39, 0.29) is 1.43 Å². The first-order valence-electron chi connectivity index (χ1n) is 2.35. The van der Waals surface area contributed by atoms with Crippen LogP contribution in [0.4, 0.5) is 0 Å². The molecule has 0 unspecified atom stereocenters. The Bertz CT molecular complexity index is 162. The molecule has 0 rings (SSSR count). The molecule has 0 spiro atoms. The van der Waals surface area contributed by atoms with Gasteiger partial charge in [0.15, 0.2) is 0 Å². The predicted octanol–water partition coefficient (Wildman–Crippen LogP) is 0.939. The van der Waals surface area contributed by atoms with E-state index >= 15 is 0 Å². The zero-order valence-corrected chi connectivity index (χ0v) is 5.09. The minimum absolute atomic E-state index is 0. The lowest BCUT2D eigenvalue weighted by molar-refractivity contribution is 1.32. The highest BCUT2D eigenvalue weighted by atomic mass is 14.8. The number of hydrogen-bond acceptors (Lipinski definition) is 3. The third kappa shape index (κ3) is 1.90. The Morgan fingerprint density at radius 1 is 1.78 bits per heavy atom. The zero-order chi connectivity index (χ0) is 7.28. The molecule has 3 heteroatoms. The van der Waals surface area contributed by atoms with Gasteiger partial charge in [-0.25, -0.2) is 0 Å². The summed E-state index contributed by atoms with van der Waals surface area (Å²) in [5.41, 5.74) is 6.04. The second kappa shape index (κ2) is 3.60. The van der Waals surface area contributed by atoms with E-state index in [4.69, 9.17) is 11.1 Å². The molecule has 0 aliphatic carbocycles. The van der Waals surface area contributed by atoms with Crippen LogP contribution < -0.4 is 5.73 Å². The van der Waals surface area contributed by atoms with Crippen LogP contribution in [0, 0.1) is 5.41 Å². The van der Waals surface area contributed by atoms with Crippen LogP contribution in [0.3, 0.4) is 0 Å². The van der Waals surface area contributed by atoms with Crippen molar-refractivity contribution in [3.8, 4) is 0 Å². The molecule has 3 nitrogen and oxygen atoms in total. The van der Waals surface area contributed by atoms with E-state index in [1.54, 1.807) is 0 Å². The van der Waals surface area contributed by atoms with Gasteiger partial charge < -0.3 is 11.1 Å². The second-order valence-electron chi connectivity index (χ2n) is 1.35. The van der Waals surface area contributed by atoms with Crippen LogP contribution in [0.2, 0.25) is 0 Å². The SMILES string of the molecule is C=C/C(N)=C(/C=N)N=C.[HH]. The molecule has 0 atom stereocenters. The van der Waals surface area contributed by atoms with Crippen LogP contribution in [0.1, 0.15) is 1.43 Å². The number of nitrogens with two attached hydrogens (primary N) is 1. The molecule has 0 fully saturated rings. The smallest absolute Gasteiger partial charge is 0.103 e. The summed E-state index contributed by atoms with van der Waals surface area (Å²) in [4.78, 5) is 3.47. The summed E-state index contributed by atoms with van der Waals surface area (Å²) in [6.45, 7) is 6.62. The van der Waals surface area contributed by atoms with Crippen molar-refractivity contribution in [1.82, 2.24) is 0 Å². The van der Waals surface area contributed by atoms with Gasteiger partial charge in [0.1, 0.15) is 5.70 Å². The molecular weight excluding hydrogens is 114 g/mol. The maximum atomic E-state index is 6.75. The molecule has 0 saturated carbocycles. The Hall–Kier alpha value is -1.38. The third-order valence-electron chi connectivity index (χ3n) is 0.823. The number of allylic oxidation sites excluding steroid dienone is 2. The summed E-state index contributed by atoms with van der Waals surface area (Å²) in [5, 5.41) is 6.75. The van der Waals surface area contributed by atoms with Gasteiger partial charge in [-0.2, -0.15) is 0 Å². The van der Waals surface area contributed by atoms with Crippen molar-refractivity contribution in [2.24, 2.45) is 10.7 Å². The molecule has 50 valence electrons. The van der Waals surface area contributed by atoms with Crippen molar-refractivity contribution in [1.29, 1.82) is 5.41 Å². The van der Waals surface area contributed by atoms with E-state index in [2.05, 4.69) is 18.3 Å². The van der Waals surface area contributed by atoms with Gasteiger partial charge in [-0.3, -0.25) is 4.99 Å². The fraction of sp³-hybridized carbons (Fsp3) is 0. The minimum atomic E-state index is 0. The van der Waals surface area contributed by atoms with Crippen LogP contribution in [-0.4, -0.2) is 12.9 Å². The summed E-state index contributed by atoms with van der Waals surface area (Å²) in [7, 11) is 0. The summed E-state index contributed by atoms with van der Waals surface area (Å²) in [6, 6.07) is 0. The molecule has 0 radical (unpaired) electrons. The van der Waals surface area contributed by atoms with Gasteiger partial charge >= 0.3 is 0 Å². The number of nitrogens with one attached hydrogen (secondary N) is 1. The zero-order valence-electron chi connectivity index (χ0n) is 5.09. The Morgan fingerprint density at radius 2 is 2.33 bits per heavy atom. The quantitative estimate of drug-likeness (QED) is 0.428. The summed E-state index contributed by atoms with van der Waals surface area (Å²) in [5.74, 6) is 0. The molecular formula is C6H11N3. The molecule has 9 heavy (non-hydrogen) atoms. The summed E-state index contributed by atoms with van der Waals surface area (Å²) >= 11 is 0. The van der Waals surface area contributed by atoms with Crippen LogP contribution in [0.15, 0.2) is 29.0 Å². The first-order valence-corrected chi connectivity index (χ1v) is 2.35. The van der Waals surface area contributed by atoms with E-state index in [0.717, 1.165) is 6.21 Å². The fourth-order valence-electron chi connectivity index (χ4n) is 0.325. The lowest BCUT2D eigenvalue weighted by Gasteiger charge is -1.92. The maximum absolute atomic E-state index is 6.75. The first kappa shape index (κ1) is 7.62. The van der Waals surface area contributed by atoms with Crippen LogP contribution in [0.25, 0.3) is 0 Å². The second-order valence-corrected chi connectivity index (χ2v) is 1.35. The molecule has 0 bridgehead atoms. The first-order chi connectivity index (χ1) is 4.26. The number of hydrogen-bond donors (Lipinski definition) is 2. The van der Waals surface area contributed by atoms with Crippen LogP contribution in [-0.2, 0) is 0 Å². The standard InChI is InChI=1S/C6H9N3.H2/c1-3-5(8)6(4-7)9-2;/h3-4,7H,1-2,8H2;1H/b6-5+,7-4?;. The van der Waals surface area contributed by atoms with Gasteiger partial charge in [-0.05, 0) is 12.8 Å². The number of rotatable bonds is 3. The largest absolute Gasteiger partial charge is 0.397 e. The molecule has 0 saturated heterocycles. The minimum Gasteiger partial charge on any atom is -0.397 e. The molecule has 0 aromatic rings. The lowest BCUT2D eigenvalue weighted by Crippen LogP contribution is -1.97. The molecule has 0 amide bonds. The maximum Gasteiger partial charge on any atom is 0.103 e. The van der Waals surface area contributed by atoms with E-state index in [1.807, 2.05) is 0 Å². The predicted molar refractivity (Wildman–Crippen MR) is 41.9 cm³/mol. The van der Waals surface area contributed by atoms with Crippen molar-refractivity contribution in [3.63, 3.8) is 0 Å². The molecule has 3 N–H and O–H groups in total. The van der Waals surface area contributed by atoms with Gasteiger partial charge in [0.25, 0.3) is 0 Å². The van der Waals surface area contributed by atoms with Gasteiger partial charge in [0.2, 0.25) is 0 Å². The summed E-state index contributed by atoms with van der Waals surface area (Å²) in [6.07, 6.45) is 2.46. The van der Waals surface area contributed by atoms with Gasteiger partial charge in [-0.1, -0.05) is 6.58 Å². The van der Waals surface area contributed by atoms with Gasteiger partial charge in [0.05, 0.1) is 5.70 Å². The molecule has 0 aromatic carbocycles. The van der Waals surface area contributed by atoms with E-state index < -0.39 is 0 Å². The average molecular weight is 125 g/mol. The van der Waals surface area contributed by atoms with E-state index in [9.17, 15) is 0 Å². The van der Waals surface area contributed by atoms with Crippen molar-refractivity contribution in [2.45, 2.75) is 0 Å². The fourth-order valence-corrected chi connectivity index (χ4v) is 0.325. The van der Waals surface area contributed by atoms with E-state index in [0.29, 0.717) is 11.4 Å². The topological polar surface area (TPSA) is 62.2 Å².